The van der Waals surface area contributed by atoms with Gasteiger partial charge in [-0.3, -0.25) is 14.5 Å². The maximum absolute atomic E-state index is 13.1. The first-order valence-electron chi connectivity index (χ1n) is 9.96. The van der Waals surface area contributed by atoms with E-state index >= 15 is 0 Å². The van der Waals surface area contributed by atoms with Crippen LogP contribution in [0, 0.1) is 0 Å². The van der Waals surface area contributed by atoms with Gasteiger partial charge in [-0.2, -0.15) is 0 Å². The number of halogens is 1. The maximum atomic E-state index is 13.1. The van der Waals surface area contributed by atoms with Crippen LogP contribution in [0.15, 0.2) is 77.7 Å². The topological polar surface area (TPSA) is 66.8 Å². The van der Waals surface area contributed by atoms with E-state index in [2.05, 4.69) is 0 Å². The summed E-state index contributed by atoms with van der Waals surface area (Å²) in [7, 11) is 0. The van der Waals surface area contributed by atoms with Crippen molar-refractivity contribution in [2.75, 3.05) is 4.90 Å². The van der Waals surface area contributed by atoms with Crippen molar-refractivity contribution >= 4 is 63.5 Å². The summed E-state index contributed by atoms with van der Waals surface area (Å²) >= 11 is 12.9. The number of benzene rings is 3. The van der Waals surface area contributed by atoms with Gasteiger partial charge in [-0.25, -0.2) is 0 Å². The number of rotatable bonds is 7. The third-order valence-corrected chi connectivity index (χ3v) is 6.56. The van der Waals surface area contributed by atoms with E-state index in [9.17, 15) is 9.59 Å². The van der Waals surface area contributed by atoms with Crippen LogP contribution in [-0.2, 0) is 22.6 Å². The molecule has 0 spiro atoms. The minimum absolute atomic E-state index is 0.0798. The molecular weight excluding hydrogens is 478 g/mol. The van der Waals surface area contributed by atoms with Gasteiger partial charge in [0.05, 0.1) is 17.0 Å². The van der Waals surface area contributed by atoms with Gasteiger partial charge < -0.3 is 9.84 Å². The number of ether oxygens (including phenoxy) is 1. The molecule has 0 radical (unpaired) electrons. The third kappa shape index (κ3) is 5.45. The first-order chi connectivity index (χ1) is 15.9. The molecule has 1 fully saturated rings. The Morgan fingerprint density at radius 1 is 1.06 bits per heavy atom. The largest absolute Gasteiger partial charge is 0.488 e. The summed E-state index contributed by atoms with van der Waals surface area (Å²) in [5.41, 5.74) is 2.86. The Kier molecular flexibility index (Phi) is 7.13. The van der Waals surface area contributed by atoms with Gasteiger partial charge in [0.1, 0.15) is 12.4 Å². The number of carbonyl (C=O) groups excluding carboxylic acids is 1. The molecule has 0 saturated carbocycles. The molecule has 33 heavy (non-hydrogen) atoms. The predicted octanol–water partition coefficient (Wildman–Crippen LogP) is 5.95. The highest BCUT2D eigenvalue weighted by molar-refractivity contribution is 8.27. The molecule has 0 aliphatic carbocycles. The molecule has 1 heterocycles. The Morgan fingerprint density at radius 3 is 2.48 bits per heavy atom. The number of carbonyl (C=O) groups is 2. The van der Waals surface area contributed by atoms with Crippen molar-refractivity contribution in [2.45, 2.75) is 13.0 Å². The Bertz CT molecular complexity index is 1260. The Labute approximate surface area is 205 Å². The van der Waals surface area contributed by atoms with Crippen molar-refractivity contribution in [1.29, 1.82) is 0 Å². The van der Waals surface area contributed by atoms with Gasteiger partial charge >= 0.3 is 5.97 Å². The quantitative estimate of drug-likeness (QED) is 0.322. The molecule has 5 nitrogen and oxygen atoms in total. The number of para-hydroxylation sites is 1. The summed E-state index contributed by atoms with van der Waals surface area (Å²) in [6.07, 6.45) is 1.68. The molecule has 3 aromatic carbocycles. The van der Waals surface area contributed by atoms with Gasteiger partial charge in [0.15, 0.2) is 4.32 Å². The lowest BCUT2D eigenvalue weighted by Crippen LogP contribution is -2.27. The van der Waals surface area contributed by atoms with Crippen LogP contribution in [-0.4, -0.2) is 21.3 Å². The van der Waals surface area contributed by atoms with Crippen LogP contribution in [0.1, 0.15) is 16.7 Å². The summed E-state index contributed by atoms with van der Waals surface area (Å²) in [6, 6.07) is 21.7. The second-order valence-electron chi connectivity index (χ2n) is 7.17. The van der Waals surface area contributed by atoms with E-state index in [1.807, 2.05) is 48.5 Å². The van der Waals surface area contributed by atoms with E-state index < -0.39 is 5.97 Å². The number of anilines is 1. The number of thiocarbonyl (C=S) groups is 1. The lowest BCUT2D eigenvalue weighted by molar-refractivity contribution is -0.136. The van der Waals surface area contributed by atoms with Gasteiger partial charge in [-0.1, -0.05) is 84.1 Å². The number of amides is 1. The monoisotopic (exact) mass is 495 g/mol. The highest BCUT2D eigenvalue weighted by atomic mass is 35.5. The van der Waals surface area contributed by atoms with Crippen LogP contribution in [0.3, 0.4) is 0 Å². The van der Waals surface area contributed by atoms with Crippen molar-refractivity contribution in [2.24, 2.45) is 0 Å². The molecule has 1 aliphatic rings. The fraction of sp³-hybridized carbons (Fsp3) is 0.0800. The molecule has 4 rings (SSSR count). The molecule has 1 amide bonds. The van der Waals surface area contributed by atoms with Crippen LogP contribution in [0.2, 0.25) is 5.02 Å². The zero-order valence-corrected chi connectivity index (χ0v) is 19.6. The number of thioether (sulfide) groups is 1. The maximum Gasteiger partial charge on any atom is 0.307 e. The first-order valence-corrected chi connectivity index (χ1v) is 11.6. The van der Waals surface area contributed by atoms with Crippen molar-refractivity contribution in [3.05, 3.63) is 99.4 Å². The number of aliphatic carboxylic acids is 1. The molecule has 1 saturated heterocycles. The number of carboxylic acids is 1. The van der Waals surface area contributed by atoms with Gasteiger partial charge in [-0.05, 0) is 35.9 Å². The van der Waals surface area contributed by atoms with Crippen molar-refractivity contribution in [3.63, 3.8) is 0 Å². The third-order valence-electron chi connectivity index (χ3n) is 4.89. The summed E-state index contributed by atoms with van der Waals surface area (Å²) in [5, 5.41) is 9.56. The fourth-order valence-corrected chi connectivity index (χ4v) is 4.75. The summed E-state index contributed by atoms with van der Waals surface area (Å²) < 4.78 is 6.40. The van der Waals surface area contributed by atoms with Gasteiger partial charge in [-0.15, -0.1) is 0 Å². The Balaban J connectivity index is 1.54. The predicted molar refractivity (Wildman–Crippen MR) is 136 cm³/mol. The van der Waals surface area contributed by atoms with E-state index in [4.69, 9.17) is 33.7 Å². The number of hydrogen-bond acceptors (Lipinski definition) is 5. The molecule has 0 unspecified atom stereocenters. The highest BCUT2D eigenvalue weighted by Crippen LogP contribution is 2.37. The van der Waals surface area contributed by atoms with Crippen LogP contribution < -0.4 is 9.64 Å². The van der Waals surface area contributed by atoms with Gasteiger partial charge in [0, 0.05) is 16.1 Å². The minimum atomic E-state index is -0.910. The lowest BCUT2D eigenvalue weighted by atomic mass is 10.1. The standard InChI is InChI=1S/C25H18ClNO4S2/c26-20-7-3-1-6-18(20)15-31-21-8-4-2-5-17(21)14-22-24(30)27(25(32)33-22)19-11-9-16(10-12-19)13-23(28)29/h1-12,14H,13,15H2,(H,28,29)/b22-14-. The van der Waals surface area contributed by atoms with E-state index in [0.29, 0.717) is 37.9 Å². The summed E-state index contributed by atoms with van der Waals surface area (Å²) in [4.78, 5) is 25.9. The van der Waals surface area contributed by atoms with Crippen LogP contribution >= 0.6 is 35.6 Å². The lowest BCUT2D eigenvalue weighted by Gasteiger charge is -2.15. The number of nitrogens with zero attached hydrogens (tertiary/aromatic N) is 1. The van der Waals surface area contributed by atoms with Crippen LogP contribution in [0.5, 0.6) is 5.75 Å². The zero-order chi connectivity index (χ0) is 23.4. The molecule has 0 aromatic heterocycles. The smallest absolute Gasteiger partial charge is 0.307 e. The summed E-state index contributed by atoms with van der Waals surface area (Å²) in [6.45, 7) is 0.300. The number of hydrogen-bond donors (Lipinski definition) is 1. The van der Waals surface area contributed by atoms with E-state index in [0.717, 1.165) is 11.1 Å². The van der Waals surface area contributed by atoms with Crippen molar-refractivity contribution < 1.29 is 19.4 Å². The van der Waals surface area contributed by atoms with Crippen LogP contribution in [0.4, 0.5) is 5.69 Å². The summed E-state index contributed by atoms with van der Waals surface area (Å²) in [5.74, 6) is -0.524. The molecule has 0 atom stereocenters. The van der Waals surface area contributed by atoms with Crippen molar-refractivity contribution in [1.82, 2.24) is 0 Å². The Hall–Kier alpha value is -3.13. The van der Waals surface area contributed by atoms with Gasteiger partial charge in [0.2, 0.25) is 0 Å². The molecular formula is C25H18ClNO4S2. The van der Waals surface area contributed by atoms with E-state index in [-0.39, 0.29) is 12.3 Å². The first kappa shape index (κ1) is 23.0. The Morgan fingerprint density at radius 2 is 1.76 bits per heavy atom. The highest BCUT2D eigenvalue weighted by Gasteiger charge is 2.33. The molecule has 0 bridgehead atoms. The van der Waals surface area contributed by atoms with Crippen LogP contribution in [0.25, 0.3) is 6.08 Å². The SMILES string of the molecule is O=C(O)Cc1ccc(N2C(=O)/C(=C/c3ccccc3OCc3ccccc3Cl)SC2=S)cc1. The molecule has 1 aliphatic heterocycles. The molecule has 166 valence electrons. The molecule has 1 N–H and O–H groups in total. The second kappa shape index (κ2) is 10.2. The second-order valence-corrected chi connectivity index (χ2v) is 9.25. The fourth-order valence-electron chi connectivity index (χ4n) is 3.27. The van der Waals surface area contributed by atoms with Crippen molar-refractivity contribution in [3.8, 4) is 5.75 Å². The average Bonchev–Trinajstić information content (AvgIpc) is 3.07. The minimum Gasteiger partial charge on any atom is -0.488 e. The average molecular weight is 496 g/mol. The number of carboxylic acid groups (broad SMARTS) is 1. The zero-order valence-electron chi connectivity index (χ0n) is 17.2. The van der Waals surface area contributed by atoms with E-state index in [1.165, 1.54) is 16.7 Å². The van der Waals surface area contributed by atoms with Gasteiger partial charge in [0.25, 0.3) is 5.91 Å². The van der Waals surface area contributed by atoms with E-state index in [1.54, 1.807) is 30.3 Å². The normalized spacial score (nSPS) is 14.7. The molecule has 3 aromatic rings. The molecule has 8 heteroatoms.